The van der Waals surface area contributed by atoms with Crippen LogP contribution in [0.1, 0.15) is 34.0 Å². The van der Waals surface area contributed by atoms with E-state index in [1.807, 2.05) is 19.9 Å². The SMILES string of the molecule is Cc1cc2nc(-c3c(I)cc(C(=O)N[C@@H](C)C(=O)N[C@@H](Cc4ccc(O)cc4)C(=O)NCC(=O)O)cc3I)[nH]c2cc1C. The fourth-order valence-corrected chi connectivity index (χ4v) is 6.60. The minimum absolute atomic E-state index is 0.0381. The topological polar surface area (TPSA) is 174 Å². The number of carboxylic acid groups (broad SMARTS) is 1. The number of H-pyrrole nitrogens is 1. The smallest absolute Gasteiger partial charge is 0.322 e. The van der Waals surface area contributed by atoms with Gasteiger partial charge in [0.15, 0.2) is 0 Å². The second kappa shape index (κ2) is 13.7. The minimum atomic E-state index is -1.23. The molecule has 3 amide bonds. The summed E-state index contributed by atoms with van der Waals surface area (Å²) in [7, 11) is 0. The molecule has 0 aliphatic heterocycles. The van der Waals surface area contributed by atoms with Crippen LogP contribution in [0.5, 0.6) is 5.75 Å². The van der Waals surface area contributed by atoms with Crippen molar-refractivity contribution in [3.63, 3.8) is 0 Å². The molecule has 0 spiro atoms. The van der Waals surface area contributed by atoms with Crippen LogP contribution in [0.4, 0.5) is 0 Å². The lowest BCUT2D eigenvalue weighted by molar-refractivity contribution is -0.138. The van der Waals surface area contributed by atoms with Crippen LogP contribution in [0.2, 0.25) is 0 Å². The predicted octanol–water partition coefficient (Wildman–Crippen LogP) is 3.81. The Morgan fingerprint density at radius 1 is 0.930 bits per heavy atom. The highest BCUT2D eigenvalue weighted by Gasteiger charge is 2.26. The third kappa shape index (κ3) is 8.01. The molecule has 4 aromatic rings. The van der Waals surface area contributed by atoms with Crippen molar-refractivity contribution in [2.75, 3.05) is 6.54 Å². The van der Waals surface area contributed by atoms with Gasteiger partial charge in [0.2, 0.25) is 11.8 Å². The van der Waals surface area contributed by atoms with Gasteiger partial charge >= 0.3 is 5.97 Å². The molecule has 1 aromatic heterocycles. The van der Waals surface area contributed by atoms with Gasteiger partial charge in [-0.2, -0.15) is 0 Å². The van der Waals surface area contributed by atoms with Gasteiger partial charge in [0.25, 0.3) is 5.91 Å². The predicted molar refractivity (Wildman–Crippen MR) is 178 cm³/mol. The molecule has 1 heterocycles. The Kier molecular flexibility index (Phi) is 10.3. The first-order valence-corrected chi connectivity index (χ1v) is 15.3. The Morgan fingerprint density at radius 3 is 2.19 bits per heavy atom. The Balaban J connectivity index is 1.47. The van der Waals surface area contributed by atoms with Crippen LogP contribution in [-0.4, -0.2) is 62.5 Å². The highest BCUT2D eigenvalue weighted by atomic mass is 127. The first-order chi connectivity index (χ1) is 20.3. The monoisotopic (exact) mass is 809 g/mol. The second-order valence-electron chi connectivity index (χ2n) is 10.1. The average molecular weight is 809 g/mol. The maximum absolute atomic E-state index is 13.2. The maximum Gasteiger partial charge on any atom is 0.322 e. The number of carboxylic acids is 1. The number of amides is 3. The second-order valence-corrected chi connectivity index (χ2v) is 12.4. The average Bonchev–Trinajstić information content (AvgIpc) is 3.33. The zero-order chi connectivity index (χ0) is 31.4. The molecule has 0 unspecified atom stereocenters. The molecule has 0 aliphatic rings. The summed E-state index contributed by atoms with van der Waals surface area (Å²) in [6.07, 6.45) is 0.0386. The number of fused-ring (bicyclic) bond motifs is 1. The van der Waals surface area contributed by atoms with E-state index >= 15 is 0 Å². The molecular weight excluding hydrogens is 780 g/mol. The summed E-state index contributed by atoms with van der Waals surface area (Å²) in [4.78, 5) is 58.0. The number of nitrogens with zero attached hydrogens (tertiary/aromatic N) is 1. The first-order valence-electron chi connectivity index (χ1n) is 13.2. The lowest BCUT2D eigenvalue weighted by Gasteiger charge is -2.21. The molecule has 13 heteroatoms. The van der Waals surface area contributed by atoms with Gasteiger partial charge in [0.05, 0.1) is 11.0 Å². The molecular formula is C30H29I2N5O6. The zero-order valence-corrected chi connectivity index (χ0v) is 27.7. The number of carbonyl (C=O) groups excluding carboxylic acids is 3. The van der Waals surface area contributed by atoms with Gasteiger partial charge in [0, 0.05) is 24.7 Å². The summed E-state index contributed by atoms with van der Waals surface area (Å²) in [5.74, 6) is -2.31. The van der Waals surface area contributed by atoms with Gasteiger partial charge in [-0.25, -0.2) is 4.98 Å². The fourth-order valence-electron chi connectivity index (χ4n) is 4.32. The van der Waals surface area contributed by atoms with Crippen molar-refractivity contribution in [1.29, 1.82) is 0 Å². The van der Waals surface area contributed by atoms with Crippen LogP contribution in [0.15, 0.2) is 48.5 Å². The number of hydrogen-bond acceptors (Lipinski definition) is 6. The van der Waals surface area contributed by atoms with E-state index in [1.54, 1.807) is 24.3 Å². The quantitative estimate of drug-likeness (QED) is 0.132. The molecule has 0 fully saturated rings. The third-order valence-corrected chi connectivity index (χ3v) is 8.50. The Hall–Kier alpha value is -3.73. The number of rotatable bonds is 10. The molecule has 2 atom stereocenters. The number of imidazole rings is 1. The van der Waals surface area contributed by atoms with Crippen molar-refractivity contribution in [2.45, 2.75) is 39.3 Å². The summed E-state index contributed by atoms with van der Waals surface area (Å²) in [5.41, 5.74) is 5.92. The number of aromatic amines is 1. The number of nitrogens with one attached hydrogen (secondary N) is 4. The number of carbonyl (C=O) groups is 4. The van der Waals surface area contributed by atoms with Crippen molar-refractivity contribution >= 4 is 79.9 Å². The van der Waals surface area contributed by atoms with E-state index in [9.17, 15) is 24.3 Å². The molecule has 0 radical (unpaired) electrons. The highest BCUT2D eigenvalue weighted by molar-refractivity contribution is 14.1. The van der Waals surface area contributed by atoms with Crippen molar-refractivity contribution in [3.05, 3.63) is 77.9 Å². The van der Waals surface area contributed by atoms with Crippen LogP contribution in [-0.2, 0) is 20.8 Å². The van der Waals surface area contributed by atoms with E-state index in [0.29, 0.717) is 17.0 Å². The van der Waals surface area contributed by atoms with Crippen molar-refractivity contribution in [1.82, 2.24) is 25.9 Å². The maximum atomic E-state index is 13.2. The van der Waals surface area contributed by atoms with Crippen molar-refractivity contribution in [3.8, 4) is 17.1 Å². The largest absolute Gasteiger partial charge is 0.508 e. The van der Waals surface area contributed by atoms with E-state index in [2.05, 4.69) is 72.2 Å². The Bertz CT molecular complexity index is 1660. The summed E-state index contributed by atoms with van der Waals surface area (Å²) in [5, 5.41) is 26.0. The van der Waals surface area contributed by atoms with Crippen LogP contribution in [0, 0.1) is 21.0 Å². The fraction of sp³-hybridized carbons (Fsp3) is 0.233. The van der Waals surface area contributed by atoms with E-state index in [-0.39, 0.29) is 12.2 Å². The van der Waals surface area contributed by atoms with Crippen LogP contribution in [0.3, 0.4) is 0 Å². The molecule has 43 heavy (non-hydrogen) atoms. The van der Waals surface area contributed by atoms with Crippen LogP contribution >= 0.6 is 45.2 Å². The number of aromatic nitrogens is 2. The van der Waals surface area contributed by atoms with E-state index in [4.69, 9.17) is 10.1 Å². The molecule has 0 saturated heterocycles. The number of aromatic hydroxyl groups is 1. The van der Waals surface area contributed by atoms with E-state index in [1.165, 1.54) is 19.1 Å². The van der Waals surface area contributed by atoms with Gasteiger partial charge in [-0.3, -0.25) is 19.2 Å². The zero-order valence-electron chi connectivity index (χ0n) is 23.4. The standard InChI is InChI=1S/C30H29I2N5O6/c1-14-8-22-23(9-15(14)2)36-27(35-22)26-20(31)11-18(12-21(26)32)29(42)34-16(3)28(41)37-24(30(43)33-13-25(39)40)10-17-4-6-19(38)7-5-17/h4-9,11-12,16,24,38H,10,13H2,1-3H3,(H,33,43)(H,34,42)(H,35,36)(H,37,41)(H,39,40)/t16-,24-/m0/s1. The summed E-state index contributed by atoms with van der Waals surface area (Å²) in [6, 6.07) is 11.4. The molecule has 4 rings (SSSR count). The minimum Gasteiger partial charge on any atom is -0.508 e. The van der Waals surface area contributed by atoms with E-state index < -0.39 is 42.3 Å². The van der Waals surface area contributed by atoms with Gasteiger partial charge in [0.1, 0.15) is 30.2 Å². The van der Waals surface area contributed by atoms with E-state index in [0.717, 1.165) is 34.9 Å². The molecule has 6 N–H and O–H groups in total. The Morgan fingerprint density at radius 2 is 1.56 bits per heavy atom. The lowest BCUT2D eigenvalue weighted by Crippen LogP contribution is -2.54. The van der Waals surface area contributed by atoms with Crippen molar-refractivity contribution < 1.29 is 29.4 Å². The number of benzene rings is 3. The number of phenols is 1. The molecule has 224 valence electrons. The number of halogens is 2. The summed E-state index contributed by atoms with van der Waals surface area (Å²) in [6.45, 7) is 4.95. The normalized spacial score (nSPS) is 12.4. The summed E-state index contributed by atoms with van der Waals surface area (Å²) < 4.78 is 1.59. The molecule has 3 aromatic carbocycles. The summed E-state index contributed by atoms with van der Waals surface area (Å²) >= 11 is 4.31. The number of phenolic OH excluding ortho intramolecular Hbond substituents is 1. The van der Waals surface area contributed by atoms with Gasteiger partial charge < -0.3 is 31.1 Å². The van der Waals surface area contributed by atoms with Crippen molar-refractivity contribution in [2.24, 2.45) is 0 Å². The first kappa shape index (κ1) is 32.2. The number of aryl methyl sites for hydroxylation is 2. The molecule has 0 aliphatic carbocycles. The van der Waals surface area contributed by atoms with Gasteiger partial charge in [-0.05, 0) is 119 Å². The molecule has 0 bridgehead atoms. The van der Waals surface area contributed by atoms with Crippen LogP contribution in [0.25, 0.3) is 22.4 Å². The van der Waals surface area contributed by atoms with Gasteiger partial charge in [-0.1, -0.05) is 12.1 Å². The highest BCUT2D eigenvalue weighted by Crippen LogP contribution is 2.32. The van der Waals surface area contributed by atoms with Crippen LogP contribution < -0.4 is 16.0 Å². The third-order valence-electron chi connectivity index (χ3n) is 6.80. The molecule has 0 saturated carbocycles. The molecule has 11 nitrogen and oxygen atoms in total. The lowest BCUT2D eigenvalue weighted by atomic mass is 10.0. The number of hydrogen-bond donors (Lipinski definition) is 6. The Labute approximate surface area is 274 Å². The number of aliphatic carboxylic acids is 1. The van der Waals surface area contributed by atoms with Gasteiger partial charge in [-0.15, -0.1) is 0 Å².